The minimum Gasteiger partial charge on any atom is -0.382 e. The van der Waals surface area contributed by atoms with E-state index in [2.05, 4.69) is 14.9 Å². The molecule has 2 rings (SSSR count). The van der Waals surface area contributed by atoms with Crippen LogP contribution < -0.4 is 10.6 Å². The van der Waals surface area contributed by atoms with Crippen LogP contribution in [0.2, 0.25) is 0 Å². The molecule has 0 radical (unpaired) electrons. The number of aromatic nitrogens is 2. The summed E-state index contributed by atoms with van der Waals surface area (Å²) in [5, 5.41) is 0. The summed E-state index contributed by atoms with van der Waals surface area (Å²) in [5.74, 6) is 1.35. The molecule has 5 nitrogen and oxygen atoms in total. The van der Waals surface area contributed by atoms with Crippen LogP contribution in [0.25, 0.3) is 0 Å². The number of piperidine rings is 1. The first-order chi connectivity index (χ1) is 7.79. The van der Waals surface area contributed by atoms with Gasteiger partial charge in [0.15, 0.2) is 0 Å². The van der Waals surface area contributed by atoms with Crippen LogP contribution in [0.3, 0.4) is 0 Å². The zero-order valence-corrected chi connectivity index (χ0v) is 9.59. The number of nitrogens with zero attached hydrogens (tertiary/aromatic N) is 3. The highest BCUT2D eigenvalue weighted by molar-refractivity contribution is 5.41. The van der Waals surface area contributed by atoms with Gasteiger partial charge in [0.25, 0.3) is 0 Å². The molecule has 1 fully saturated rings. The quantitative estimate of drug-likeness (QED) is 0.828. The smallest absolute Gasteiger partial charge is 0.149 e. The van der Waals surface area contributed by atoms with Crippen LogP contribution in [-0.2, 0) is 4.74 Å². The van der Waals surface area contributed by atoms with Gasteiger partial charge in [-0.2, -0.15) is 0 Å². The van der Waals surface area contributed by atoms with Crippen molar-refractivity contribution in [1.82, 2.24) is 9.97 Å². The zero-order valence-electron chi connectivity index (χ0n) is 9.59. The Morgan fingerprint density at radius 3 is 2.81 bits per heavy atom. The number of ether oxygens (including phenoxy) is 1. The summed E-state index contributed by atoms with van der Waals surface area (Å²) < 4.78 is 5.60. The van der Waals surface area contributed by atoms with Gasteiger partial charge in [-0.3, -0.25) is 4.98 Å². The van der Waals surface area contributed by atoms with E-state index < -0.39 is 0 Å². The Morgan fingerprint density at radius 2 is 2.19 bits per heavy atom. The lowest BCUT2D eigenvalue weighted by atomic mass is 10.1. The van der Waals surface area contributed by atoms with Gasteiger partial charge in [0.1, 0.15) is 11.6 Å². The Labute approximate surface area is 95.6 Å². The Bertz CT molecular complexity index is 337. The molecule has 0 bridgehead atoms. The lowest BCUT2D eigenvalue weighted by molar-refractivity contribution is 0.0458. The minimum atomic E-state index is 0.398. The second-order valence-electron chi connectivity index (χ2n) is 3.94. The van der Waals surface area contributed by atoms with Crippen LogP contribution in [0, 0.1) is 0 Å². The molecule has 0 spiro atoms. The summed E-state index contributed by atoms with van der Waals surface area (Å²) in [5.41, 5.74) is 5.62. The van der Waals surface area contributed by atoms with E-state index in [9.17, 15) is 0 Å². The fourth-order valence-corrected chi connectivity index (χ4v) is 2.01. The van der Waals surface area contributed by atoms with E-state index in [1.807, 2.05) is 6.92 Å². The van der Waals surface area contributed by atoms with Gasteiger partial charge in [0, 0.05) is 19.7 Å². The van der Waals surface area contributed by atoms with Gasteiger partial charge >= 0.3 is 0 Å². The predicted molar refractivity (Wildman–Crippen MR) is 63.3 cm³/mol. The third-order valence-corrected chi connectivity index (χ3v) is 2.81. The van der Waals surface area contributed by atoms with E-state index in [1.54, 1.807) is 12.4 Å². The maximum absolute atomic E-state index is 5.62. The average Bonchev–Trinajstić information content (AvgIpc) is 2.30. The van der Waals surface area contributed by atoms with Crippen molar-refractivity contribution in [2.45, 2.75) is 25.9 Å². The van der Waals surface area contributed by atoms with Gasteiger partial charge in [0.05, 0.1) is 18.5 Å². The Morgan fingerprint density at radius 1 is 1.44 bits per heavy atom. The van der Waals surface area contributed by atoms with Crippen molar-refractivity contribution < 1.29 is 4.74 Å². The molecule has 1 aromatic rings. The molecule has 88 valence electrons. The standard InChI is InChI=1S/C11H18N4O/c1-2-16-9-3-5-15(6-4-9)11-8-13-7-10(12)14-11/h7-9H,2-6H2,1H3,(H2,12,14). The summed E-state index contributed by atoms with van der Waals surface area (Å²) in [6.45, 7) is 4.75. The zero-order chi connectivity index (χ0) is 11.4. The van der Waals surface area contributed by atoms with Gasteiger partial charge in [-0.15, -0.1) is 0 Å². The molecule has 1 aromatic heterocycles. The molecule has 0 saturated carbocycles. The molecule has 1 aliphatic heterocycles. The maximum atomic E-state index is 5.62. The molecule has 2 heterocycles. The van der Waals surface area contributed by atoms with E-state index in [1.165, 1.54) is 0 Å². The Kier molecular flexibility index (Phi) is 3.56. The van der Waals surface area contributed by atoms with Gasteiger partial charge in [-0.1, -0.05) is 0 Å². The van der Waals surface area contributed by atoms with Crippen LogP contribution in [0.15, 0.2) is 12.4 Å². The largest absolute Gasteiger partial charge is 0.382 e. The second-order valence-corrected chi connectivity index (χ2v) is 3.94. The SMILES string of the molecule is CCOC1CCN(c2cncc(N)n2)CC1. The van der Waals surface area contributed by atoms with Crippen molar-refractivity contribution in [2.75, 3.05) is 30.3 Å². The number of rotatable bonds is 3. The Hall–Kier alpha value is -1.36. The molecule has 16 heavy (non-hydrogen) atoms. The normalized spacial score (nSPS) is 17.7. The van der Waals surface area contributed by atoms with E-state index in [0.29, 0.717) is 11.9 Å². The summed E-state index contributed by atoms with van der Waals surface area (Å²) in [6, 6.07) is 0. The summed E-state index contributed by atoms with van der Waals surface area (Å²) in [7, 11) is 0. The number of nitrogen functional groups attached to an aromatic ring is 1. The van der Waals surface area contributed by atoms with Crippen LogP contribution in [0.4, 0.5) is 11.6 Å². The van der Waals surface area contributed by atoms with Crippen LogP contribution in [-0.4, -0.2) is 35.8 Å². The lowest BCUT2D eigenvalue weighted by Gasteiger charge is -2.32. The van der Waals surface area contributed by atoms with Crippen LogP contribution >= 0.6 is 0 Å². The molecule has 0 unspecified atom stereocenters. The first-order valence-electron chi connectivity index (χ1n) is 5.73. The van der Waals surface area contributed by atoms with Crippen molar-refractivity contribution in [3.8, 4) is 0 Å². The molecule has 5 heteroatoms. The molecular formula is C11H18N4O. The highest BCUT2D eigenvalue weighted by Gasteiger charge is 2.20. The number of nitrogens with two attached hydrogens (primary N) is 1. The van der Waals surface area contributed by atoms with Crippen molar-refractivity contribution in [2.24, 2.45) is 0 Å². The highest BCUT2D eigenvalue weighted by Crippen LogP contribution is 2.19. The van der Waals surface area contributed by atoms with Gasteiger partial charge in [-0.25, -0.2) is 4.98 Å². The fourth-order valence-electron chi connectivity index (χ4n) is 2.01. The molecule has 1 aliphatic rings. The summed E-state index contributed by atoms with van der Waals surface area (Å²) in [6.07, 6.45) is 5.82. The summed E-state index contributed by atoms with van der Waals surface area (Å²) in [4.78, 5) is 10.5. The third-order valence-electron chi connectivity index (χ3n) is 2.81. The molecule has 0 aliphatic carbocycles. The van der Waals surface area contributed by atoms with E-state index in [0.717, 1.165) is 38.4 Å². The lowest BCUT2D eigenvalue weighted by Crippen LogP contribution is -2.37. The second kappa shape index (κ2) is 5.12. The Balaban J connectivity index is 1.94. The third kappa shape index (κ3) is 2.61. The first kappa shape index (κ1) is 11.1. The van der Waals surface area contributed by atoms with E-state index >= 15 is 0 Å². The molecule has 0 amide bonds. The molecule has 2 N–H and O–H groups in total. The maximum Gasteiger partial charge on any atom is 0.149 e. The fraction of sp³-hybridized carbons (Fsp3) is 0.636. The van der Waals surface area contributed by atoms with E-state index in [-0.39, 0.29) is 0 Å². The topological polar surface area (TPSA) is 64.3 Å². The number of anilines is 2. The average molecular weight is 222 g/mol. The van der Waals surface area contributed by atoms with Crippen molar-refractivity contribution in [3.05, 3.63) is 12.4 Å². The molecular weight excluding hydrogens is 204 g/mol. The summed E-state index contributed by atoms with van der Waals surface area (Å²) >= 11 is 0. The van der Waals surface area contributed by atoms with Gasteiger partial charge in [-0.05, 0) is 19.8 Å². The molecule has 1 saturated heterocycles. The van der Waals surface area contributed by atoms with Crippen LogP contribution in [0.1, 0.15) is 19.8 Å². The molecule has 0 aromatic carbocycles. The molecule has 0 atom stereocenters. The van der Waals surface area contributed by atoms with Gasteiger partial charge < -0.3 is 15.4 Å². The number of hydrogen-bond donors (Lipinski definition) is 1. The van der Waals surface area contributed by atoms with Gasteiger partial charge in [0.2, 0.25) is 0 Å². The first-order valence-corrected chi connectivity index (χ1v) is 5.73. The number of hydrogen-bond acceptors (Lipinski definition) is 5. The van der Waals surface area contributed by atoms with Crippen molar-refractivity contribution in [1.29, 1.82) is 0 Å². The predicted octanol–water partition coefficient (Wildman–Crippen LogP) is 1.06. The monoisotopic (exact) mass is 222 g/mol. The van der Waals surface area contributed by atoms with Crippen LogP contribution in [0.5, 0.6) is 0 Å². The van der Waals surface area contributed by atoms with E-state index in [4.69, 9.17) is 10.5 Å². The highest BCUT2D eigenvalue weighted by atomic mass is 16.5. The van der Waals surface area contributed by atoms with Crippen molar-refractivity contribution in [3.63, 3.8) is 0 Å². The van der Waals surface area contributed by atoms with Crippen molar-refractivity contribution >= 4 is 11.6 Å². The minimum absolute atomic E-state index is 0.398.